The van der Waals surface area contributed by atoms with E-state index in [1.54, 1.807) is 0 Å². The Morgan fingerprint density at radius 1 is 0.867 bits per heavy atom. The van der Waals surface area contributed by atoms with Gasteiger partial charge in [-0.25, -0.2) is 0 Å². The van der Waals surface area contributed by atoms with E-state index in [0.29, 0.717) is 0 Å². The van der Waals surface area contributed by atoms with Crippen molar-refractivity contribution in [1.29, 1.82) is 0 Å². The van der Waals surface area contributed by atoms with Gasteiger partial charge in [-0.3, -0.25) is 4.57 Å². The summed E-state index contributed by atoms with van der Waals surface area (Å²) in [7, 11) is -1.44. The molecule has 0 bridgehead atoms. The standard InChI is InChI=1S/C13H12OP/c1-11-6-5-9-13(10-11)15(14)12-7-3-2-4-8-12/h2-10H,1H3. The summed E-state index contributed by atoms with van der Waals surface area (Å²) < 4.78 is 12.1. The van der Waals surface area contributed by atoms with Crippen LogP contribution in [0.15, 0.2) is 54.6 Å². The summed E-state index contributed by atoms with van der Waals surface area (Å²) in [5.74, 6) is 0. The van der Waals surface area contributed by atoms with Crippen LogP contribution in [0, 0.1) is 6.92 Å². The fraction of sp³-hybridized carbons (Fsp3) is 0.0769. The Morgan fingerprint density at radius 3 is 2.20 bits per heavy atom. The molecule has 2 heteroatoms. The van der Waals surface area contributed by atoms with Gasteiger partial charge in [-0.15, -0.1) is 0 Å². The average Bonchev–Trinajstić information content (AvgIpc) is 2.29. The van der Waals surface area contributed by atoms with Crippen molar-refractivity contribution in [2.45, 2.75) is 6.92 Å². The van der Waals surface area contributed by atoms with Crippen LogP contribution in [0.4, 0.5) is 0 Å². The molecule has 0 N–H and O–H groups in total. The molecule has 0 saturated carbocycles. The third kappa shape index (κ3) is 2.31. The topological polar surface area (TPSA) is 17.1 Å². The Morgan fingerprint density at radius 2 is 1.53 bits per heavy atom. The number of aryl methyl sites for hydroxylation is 1. The summed E-state index contributed by atoms with van der Waals surface area (Å²) in [6, 6.07) is 17.4. The number of rotatable bonds is 2. The van der Waals surface area contributed by atoms with E-state index in [1.807, 2.05) is 61.5 Å². The van der Waals surface area contributed by atoms with Gasteiger partial charge in [-0.05, 0) is 31.2 Å². The summed E-state index contributed by atoms with van der Waals surface area (Å²) >= 11 is 0. The largest absolute Gasteiger partial charge is 0.277 e. The summed E-state index contributed by atoms with van der Waals surface area (Å²) in [4.78, 5) is 0. The quantitative estimate of drug-likeness (QED) is 0.704. The van der Waals surface area contributed by atoms with E-state index in [4.69, 9.17) is 0 Å². The van der Waals surface area contributed by atoms with E-state index in [9.17, 15) is 4.57 Å². The van der Waals surface area contributed by atoms with Gasteiger partial charge in [0, 0.05) is 10.6 Å². The number of hydrogen-bond acceptors (Lipinski definition) is 1. The molecule has 0 aliphatic carbocycles. The molecule has 0 aliphatic rings. The Balaban J connectivity index is 2.37. The van der Waals surface area contributed by atoms with Crippen molar-refractivity contribution in [3.05, 3.63) is 60.2 Å². The molecule has 2 aromatic carbocycles. The zero-order valence-corrected chi connectivity index (χ0v) is 9.45. The molecule has 15 heavy (non-hydrogen) atoms. The Labute approximate surface area is 90.6 Å². The van der Waals surface area contributed by atoms with Crippen LogP contribution in [-0.2, 0) is 4.57 Å². The fourth-order valence-corrected chi connectivity index (χ4v) is 2.75. The van der Waals surface area contributed by atoms with Gasteiger partial charge < -0.3 is 0 Å². The lowest BCUT2D eigenvalue weighted by molar-refractivity contribution is 0.598. The summed E-state index contributed by atoms with van der Waals surface area (Å²) in [6.45, 7) is 2.01. The third-order valence-electron chi connectivity index (χ3n) is 2.23. The van der Waals surface area contributed by atoms with E-state index in [2.05, 4.69) is 0 Å². The van der Waals surface area contributed by atoms with Crippen molar-refractivity contribution in [1.82, 2.24) is 0 Å². The molecule has 0 heterocycles. The van der Waals surface area contributed by atoms with Crippen molar-refractivity contribution in [3.63, 3.8) is 0 Å². The van der Waals surface area contributed by atoms with Crippen molar-refractivity contribution in [2.24, 2.45) is 0 Å². The van der Waals surface area contributed by atoms with Gasteiger partial charge in [0.15, 0.2) is 0 Å². The Kier molecular flexibility index (Phi) is 2.94. The molecule has 75 valence electrons. The van der Waals surface area contributed by atoms with Gasteiger partial charge in [0.25, 0.3) is 0 Å². The smallest absolute Gasteiger partial charge is 0.136 e. The van der Waals surface area contributed by atoms with E-state index < -0.39 is 7.80 Å². The maximum absolute atomic E-state index is 12.1. The highest BCUT2D eigenvalue weighted by atomic mass is 31.1. The minimum absolute atomic E-state index is 0.887. The molecular formula is C13H12OP. The van der Waals surface area contributed by atoms with Crippen LogP contribution >= 0.6 is 7.80 Å². The molecule has 1 unspecified atom stereocenters. The van der Waals surface area contributed by atoms with E-state index in [-0.39, 0.29) is 0 Å². The Bertz CT molecular complexity index is 477. The minimum Gasteiger partial charge on any atom is -0.277 e. The van der Waals surface area contributed by atoms with Crippen molar-refractivity contribution in [3.8, 4) is 0 Å². The van der Waals surface area contributed by atoms with Gasteiger partial charge in [0.1, 0.15) is 7.80 Å². The molecule has 0 amide bonds. The maximum atomic E-state index is 12.1. The average molecular weight is 215 g/mol. The predicted molar refractivity (Wildman–Crippen MR) is 64.5 cm³/mol. The van der Waals surface area contributed by atoms with Crippen molar-refractivity contribution >= 4 is 18.4 Å². The first-order chi connectivity index (χ1) is 7.27. The molecule has 0 spiro atoms. The van der Waals surface area contributed by atoms with Gasteiger partial charge >= 0.3 is 0 Å². The van der Waals surface area contributed by atoms with Gasteiger partial charge in [0.2, 0.25) is 0 Å². The first kappa shape index (κ1) is 10.1. The number of hydrogen-bond donors (Lipinski definition) is 0. The summed E-state index contributed by atoms with van der Waals surface area (Å²) in [5.41, 5.74) is 1.15. The second-order valence-electron chi connectivity index (χ2n) is 3.47. The van der Waals surface area contributed by atoms with Crippen LogP contribution < -0.4 is 10.6 Å². The number of benzene rings is 2. The highest BCUT2D eigenvalue weighted by Gasteiger charge is 2.06. The normalized spacial score (nSPS) is 11.1. The zero-order chi connectivity index (χ0) is 10.7. The highest BCUT2D eigenvalue weighted by molar-refractivity contribution is 7.61. The molecule has 2 aromatic rings. The lowest BCUT2D eigenvalue weighted by Crippen LogP contribution is -2.05. The molecule has 0 aliphatic heterocycles. The predicted octanol–water partition coefficient (Wildman–Crippen LogP) is 2.77. The monoisotopic (exact) mass is 215 g/mol. The maximum Gasteiger partial charge on any atom is 0.136 e. The molecule has 0 aromatic heterocycles. The second kappa shape index (κ2) is 4.37. The van der Waals surface area contributed by atoms with Gasteiger partial charge in [-0.1, -0.05) is 35.9 Å². The molecular weight excluding hydrogens is 203 g/mol. The second-order valence-corrected chi connectivity index (χ2v) is 5.09. The summed E-state index contributed by atoms with van der Waals surface area (Å²) in [6.07, 6.45) is 0. The zero-order valence-electron chi connectivity index (χ0n) is 8.55. The van der Waals surface area contributed by atoms with Crippen LogP contribution in [0.1, 0.15) is 5.56 Å². The molecule has 0 saturated heterocycles. The van der Waals surface area contributed by atoms with Crippen molar-refractivity contribution < 1.29 is 4.57 Å². The lowest BCUT2D eigenvalue weighted by atomic mass is 10.2. The van der Waals surface area contributed by atoms with Crippen LogP contribution in [-0.4, -0.2) is 0 Å². The Hall–Kier alpha value is -1.46. The summed E-state index contributed by atoms with van der Waals surface area (Å²) in [5, 5.41) is 1.79. The van der Waals surface area contributed by atoms with E-state index in [0.717, 1.165) is 16.2 Å². The van der Waals surface area contributed by atoms with Gasteiger partial charge in [0.05, 0.1) is 0 Å². The first-order valence-corrected chi connectivity index (χ1v) is 6.12. The third-order valence-corrected chi connectivity index (χ3v) is 3.74. The molecule has 0 fully saturated rings. The van der Waals surface area contributed by atoms with E-state index in [1.165, 1.54) is 0 Å². The fourth-order valence-electron chi connectivity index (χ4n) is 1.47. The van der Waals surface area contributed by atoms with Gasteiger partial charge in [-0.2, -0.15) is 0 Å². The molecule has 1 radical (unpaired) electrons. The first-order valence-electron chi connectivity index (χ1n) is 4.86. The molecule has 1 nitrogen and oxygen atoms in total. The van der Waals surface area contributed by atoms with Crippen molar-refractivity contribution in [2.75, 3.05) is 0 Å². The highest BCUT2D eigenvalue weighted by Crippen LogP contribution is 2.19. The lowest BCUT2D eigenvalue weighted by Gasteiger charge is -2.01. The van der Waals surface area contributed by atoms with Crippen LogP contribution in [0.3, 0.4) is 0 Å². The van der Waals surface area contributed by atoms with Crippen LogP contribution in [0.5, 0.6) is 0 Å². The minimum atomic E-state index is -1.44. The van der Waals surface area contributed by atoms with Crippen LogP contribution in [0.2, 0.25) is 0 Å². The van der Waals surface area contributed by atoms with E-state index >= 15 is 0 Å². The molecule has 2 rings (SSSR count). The molecule has 1 atom stereocenters. The SMILES string of the molecule is Cc1cccc([P](=O)c2ccccc2)c1. The van der Waals surface area contributed by atoms with Crippen LogP contribution in [0.25, 0.3) is 0 Å².